The second kappa shape index (κ2) is 7.16. The number of rotatable bonds is 5. The van der Waals surface area contributed by atoms with Crippen LogP contribution in [0.3, 0.4) is 0 Å². The van der Waals surface area contributed by atoms with Gasteiger partial charge in [0.15, 0.2) is 5.82 Å². The summed E-state index contributed by atoms with van der Waals surface area (Å²) < 4.78 is 9.92. The number of para-hydroxylation sites is 1. The van der Waals surface area contributed by atoms with Crippen molar-refractivity contribution in [2.45, 2.75) is 26.3 Å². The molecule has 0 aliphatic heterocycles. The molecule has 0 aliphatic rings. The minimum absolute atomic E-state index is 0.118. The zero-order valence-electron chi connectivity index (χ0n) is 14.2. The normalized spacial score (nSPS) is 11.0. The Balaban J connectivity index is 2.22. The molecule has 0 fully saturated rings. The van der Waals surface area contributed by atoms with Crippen molar-refractivity contribution in [2.24, 2.45) is 0 Å². The van der Waals surface area contributed by atoms with E-state index in [-0.39, 0.29) is 18.4 Å². The Bertz CT molecular complexity index is 705. The van der Waals surface area contributed by atoms with Gasteiger partial charge in [0.1, 0.15) is 18.6 Å². The molecule has 0 spiro atoms. The molecule has 2 rings (SSSR count). The first-order valence-electron chi connectivity index (χ1n) is 7.48. The molecule has 2 aromatic rings. The third-order valence-corrected chi connectivity index (χ3v) is 3.40. The monoisotopic (exact) mass is 331 g/mol. The number of ether oxygens (including phenoxy) is 1. The molecule has 128 valence electrons. The number of anilines is 1. The number of benzene rings is 1. The lowest BCUT2D eigenvalue weighted by atomic mass is 10.0. The fourth-order valence-electron chi connectivity index (χ4n) is 2.18. The first-order valence-corrected chi connectivity index (χ1v) is 7.48. The summed E-state index contributed by atoms with van der Waals surface area (Å²) in [5.41, 5.74) is -0.150. The SMILES string of the molecule is COc1ccccc1C(=O)N(CC(=O)Nc1ccon1)C(C)(C)C. The van der Waals surface area contributed by atoms with Gasteiger partial charge in [-0.15, -0.1) is 0 Å². The molecule has 0 radical (unpaired) electrons. The van der Waals surface area contributed by atoms with Crippen molar-refractivity contribution >= 4 is 17.6 Å². The van der Waals surface area contributed by atoms with Crippen LogP contribution in [0.15, 0.2) is 41.1 Å². The van der Waals surface area contributed by atoms with Crippen LogP contribution < -0.4 is 10.1 Å². The molecular formula is C17H21N3O4. The van der Waals surface area contributed by atoms with Gasteiger partial charge in [-0.25, -0.2) is 0 Å². The number of nitrogens with zero attached hydrogens (tertiary/aromatic N) is 2. The van der Waals surface area contributed by atoms with Crippen molar-refractivity contribution < 1.29 is 18.8 Å². The number of hydrogen-bond acceptors (Lipinski definition) is 5. The van der Waals surface area contributed by atoms with Gasteiger partial charge in [0.05, 0.1) is 12.7 Å². The first-order chi connectivity index (χ1) is 11.3. The summed E-state index contributed by atoms with van der Waals surface area (Å²) >= 11 is 0. The highest BCUT2D eigenvalue weighted by Crippen LogP contribution is 2.23. The number of amides is 2. The minimum atomic E-state index is -0.556. The Kier molecular flexibility index (Phi) is 5.23. The topological polar surface area (TPSA) is 84.7 Å². The van der Waals surface area contributed by atoms with Crippen molar-refractivity contribution in [1.82, 2.24) is 10.1 Å². The Morgan fingerprint density at radius 2 is 1.96 bits per heavy atom. The summed E-state index contributed by atoms with van der Waals surface area (Å²) in [6.07, 6.45) is 1.36. The third kappa shape index (κ3) is 4.13. The van der Waals surface area contributed by atoms with E-state index in [4.69, 9.17) is 4.74 Å². The zero-order valence-corrected chi connectivity index (χ0v) is 14.2. The molecule has 0 saturated carbocycles. The van der Waals surface area contributed by atoms with Crippen LogP contribution in [0.5, 0.6) is 5.75 Å². The fraction of sp³-hybridized carbons (Fsp3) is 0.353. The Morgan fingerprint density at radius 1 is 1.25 bits per heavy atom. The summed E-state index contributed by atoms with van der Waals surface area (Å²) in [4.78, 5) is 26.7. The van der Waals surface area contributed by atoms with E-state index in [0.717, 1.165) is 0 Å². The van der Waals surface area contributed by atoms with E-state index in [1.165, 1.54) is 24.3 Å². The van der Waals surface area contributed by atoms with Gasteiger partial charge in [0.25, 0.3) is 5.91 Å². The lowest BCUT2D eigenvalue weighted by Crippen LogP contribution is -2.49. The van der Waals surface area contributed by atoms with Crippen LogP contribution in [-0.2, 0) is 4.79 Å². The number of carbonyl (C=O) groups excluding carboxylic acids is 2. The lowest BCUT2D eigenvalue weighted by molar-refractivity contribution is -0.117. The molecular weight excluding hydrogens is 310 g/mol. The standard InChI is InChI=1S/C17H21N3O4/c1-17(2,3)20(11-15(21)18-14-9-10-24-19-14)16(22)12-7-5-6-8-13(12)23-4/h5-10H,11H2,1-4H3,(H,18,19,21). The highest BCUT2D eigenvalue weighted by Gasteiger charge is 2.30. The maximum atomic E-state index is 12.9. The smallest absolute Gasteiger partial charge is 0.258 e. The molecule has 0 bridgehead atoms. The van der Waals surface area contributed by atoms with Crippen LogP contribution in [-0.4, -0.2) is 41.1 Å². The van der Waals surface area contributed by atoms with E-state index in [0.29, 0.717) is 17.1 Å². The third-order valence-electron chi connectivity index (χ3n) is 3.40. The summed E-state index contributed by atoms with van der Waals surface area (Å²) in [6, 6.07) is 8.46. The Hall–Kier alpha value is -2.83. The van der Waals surface area contributed by atoms with Crippen molar-refractivity contribution in [3.8, 4) is 5.75 Å². The molecule has 0 atom stereocenters. The van der Waals surface area contributed by atoms with Crippen LogP contribution in [0, 0.1) is 0 Å². The zero-order chi connectivity index (χ0) is 17.7. The number of methoxy groups -OCH3 is 1. The summed E-state index contributed by atoms with van der Waals surface area (Å²) in [6.45, 7) is 5.48. The summed E-state index contributed by atoms with van der Waals surface area (Å²) in [7, 11) is 1.50. The highest BCUT2D eigenvalue weighted by molar-refractivity contribution is 6.01. The highest BCUT2D eigenvalue weighted by atomic mass is 16.5. The maximum Gasteiger partial charge on any atom is 0.258 e. The number of hydrogen-bond donors (Lipinski definition) is 1. The maximum absolute atomic E-state index is 12.9. The van der Waals surface area contributed by atoms with E-state index >= 15 is 0 Å². The molecule has 1 heterocycles. The van der Waals surface area contributed by atoms with E-state index < -0.39 is 5.54 Å². The molecule has 2 amide bonds. The summed E-state index contributed by atoms with van der Waals surface area (Å²) in [5, 5.41) is 6.22. The van der Waals surface area contributed by atoms with Crippen LogP contribution >= 0.6 is 0 Å². The van der Waals surface area contributed by atoms with E-state index in [1.54, 1.807) is 24.3 Å². The molecule has 0 aliphatic carbocycles. The van der Waals surface area contributed by atoms with Gasteiger partial charge in [-0.05, 0) is 32.9 Å². The van der Waals surface area contributed by atoms with Crippen molar-refractivity contribution in [3.05, 3.63) is 42.2 Å². The largest absolute Gasteiger partial charge is 0.496 e. The Morgan fingerprint density at radius 3 is 2.54 bits per heavy atom. The average molecular weight is 331 g/mol. The second-order valence-corrected chi connectivity index (χ2v) is 6.20. The minimum Gasteiger partial charge on any atom is -0.496 e. The molecule has 7 heteroatoms. The van der Waals surface area contributed by atoms with Gasteiger partial charge in [-0.1, -0.05) is 17.3 Å². The molecule has 1 N–H and O–H groups in total. The number of aromatic nitrogens is 1. The van der Waals surface area contributed by atoms with Crippen molar-refractivity contribution in [1.29, 1.82) is 0 Å². The second-order valence-electron chi connectivity index (χ2n) is 6.20. The lowest BCUT2D eigenvalue weighted by Gasteiger charge is -2.35. The predicted octanol–water partition coefficient (Wildman–Crippen LogP) is 2.56. The molecule has 1 aromatic heterocycles. The molecule has 1 aromatic carbocycles. The van der Waals surface area contributed by atoms with Gasteiger partial charge in [-0.2, -0.15) is 0 Å². The predicted molar refractivity (Wildman–Crippen MR) is 88.9 cm³/mol. The van der Waals surface area contributed by atoms with E-state index in [9.17, 15) is 9.59 Å². The fourth-order valence-corrected chi connectivity index (χ4v) is 2.18. The number of carbonyl (C=O) groups is 2. The van der Waals surface area contributed by atoms with Crippen LogP contribution in [0.2, 0.25) is 0 Å². The van der Waals surface area contributed by atoms with Crippen molar-refractivity contribution in [2.75, 3.05) is 19.0 Å². The Labute approximate surface area is 140 Å². The summed E-state index contributed by atoms with van der Waals surface area (Å²) in [5.74, 6) is 0.129. The van der Waals surface area contributed by atoms with Crippen LogP contribution in [0.4, 0.5) is 5.82 Å². The van der Waals surface area contributed by atoms with E-state index in [2.05, 4.69) is 15.0 Å². The van der Waals surface area contributed by atoms with Crippen LogP contribution in [0.25, 0.3) is 0 Å². The van der Waals surface area contributed by atoms with Gasteiger partial charge in [-0.3, -0.25) is 9.59 Å². The van der Waals surface area contributed by atoms with Gasteiger partial charge < -0.3 is 19.5 Å². The first kappa shape index (κ1) is 17.5. The van der Waals surface area contributed by atoms with Gasteiger partial charge in [0, 0.05) is 11.6 Å². The average Bonchev–Trinajstić information content (AvgIpc) is 3.03. The van der Waals surface area contributed by atoms with Gasteiger partial charge in [0.2, 0.25) is 5.91 Å². The number of nitrogens with one attached hydrogen (secondary N) is 1. The van der Waals surface area contributed by atoms with Crippen LogP contribution in [0.1, 0.15) is 31.1 Å². The van der Waals surface area contributed by atoms with Crippen molar-refractivity contribution in [3.63, 3.8) is 0 Å². The molecule has 24 heavy (non-hydrogen) atoms. The molecule has 0 saturated heterocycles. The van der Waals surface area contributed by atoms with E-state index in [1.807, 2.05) is 20.8 Å². The molecule has 0 unspecified atom stereocenters. The quantitative estimate of drug-likeness (QED) is 0.910. The van der Waals surface area contributed by atoms with Gasteiger partial charge >= 0.3 is 0 Å². The molecule has 7 nitrogen and oxygen atoms in total.